The number of nitrogens with zero attached hydrogens (tertiary/aromatic N) is 2. The van der Waals surface area contributed by atoms with Crippen molar-refractivity contribution in [1.82, 2.24) is 9.80 Å². The predicted molar refractivity (Wildman–Crippen MR) is 101 cm³/mol. The molecule has 1 fully saturated rings. The van der Waals surface area contributed by atoms with Gasteiger partial charge < -0.3 is 19.9 Å². The number of halogens is 1. The monoisotopic (exact) mass is 359 g/mol. The quantitative estimate of drug-likeness (QED) is 0.885. The molecule has 1 saturated heterocycles. The Morgan fingerprint density at radius 3 is 2.28 bits per heavy atom. The molecular formula is C19H22ClN3O2. The molecule has 1 aliphatic rings. The lowest BCUT2D eigenvalue weighted by atomic mass is 10.2. The molecule has 1 atom stereocenters. The van der Waals surface area contributed by atoms with E-state index in [1.807, 2.05) is 55.4 Å². The number of amides is 2. The van der Waals surface area contributed by atoms with Gasteiger partial charge in [-0.05, 0) is 69.0 Å². The van der Waals surface area contributed by atoms with Crippen molar-refractivity contribution in [1.29, 1.82) is 0 Å². The number of urea groups is 1. The van der Waals surface area contributed by atoms with Crippen LogP contribution < -0.4 is 10.1 Å². The van der Waals surface area contributed by atoms with E-state index in [1.54, 1.807) is 12.1 Å². The van der Waals surface area contributed by atoms with Crippen LogP contribution in [0.3, 0.4) is 0 Å². The topological polar surface area (TPSA) is 44.8 Å². The Labute approximate surface area is 153 Å². The second-order valence-electron chi connectivity index (χ2n) is 6.36. The number of anilines is 1. The largest absolute Gasteiger partial charge is 0.457 e. The minimum atomic E-state index is -0.0595. The number of carbonyl (C=O) groups is 1. The number of benzene rings is 2. The van der Waals surface area contributed by atoms with E-state index in [-0.39, 0.29) is 6.03 Å². The van der Waals surface area contributed by atoms with Crippen molar-refractivity contribution in [2.75, 3.05) is 32.5 Å². The predicted octanol–water partition coefficient (Wildman–Crippen LogP) is 4.30. The van der Waals surface area contributed by atoms with Gasteiger partial charge in [0.1, 0.15) is 11.5 Å². The molecule has 132 valence electrons. The van der Waals surface area contributed by atoms with Crippen molar-refractivity contribution in [3.8, 4) is 11.5 Å². The van der Waals surface area contributed by atoms with E-state index in [0.29, 0.717) is 22.6 Å². The van der Waals surface area contributed by atoms with E-state index in [0.717, 1.165) is 25.2 Å². The molecule has 1 heterocycles. The summed E-state index contributed by atoms with van der Waals surface area (Å²) in [6.07, 6.45) is 1.01. The van der Waals surface area contributed by atoms with E-state index < -0.39 is 0 Å². The standard InChI is InChI=1S/C19H22ClN3O2/c1-22(2)16-11-12-23(13-16)19(24)21-15-5-9-18(10-6-15)25-17-7-3-14(20)4-8-17/h3-10,16H,11-13H2,1-2H3,(H,21,24)/t16-/m0/s1. The van der Waals surface area contributed by atoms with Crippen LogP contribution in [0.15, 0.2) is 48.5 Å². The van der Waals surface area contributed by atoms with Gasteiger partial charge in [-0.3, -0.25) is 0 Å². The van der Waals surface area contributed by atoms with Gasteiger partial charge in [0.05, 0.1) is 0 Å². The van der Waals surface area contributed by atoms with Crippen LogP contribution in [0.1, 0.15) is 6.42 Å². The second kappa shape index (κ2) is 7.76. The molecule has 25 heavy (non-hydrogen) atoms. The van der Waals surface area contributed by atoms with Gasteiger partial charge in [0, 0.05) is 29.8 Å². The molecule has 0 aliphatic carbocycles. The molecule has 0 bridgehead atoms. The first-order chi connectivity index (χ1) is 12.0. The van der Waals surface area contributed by atoms with Gasteiger partial charge in [0.25, 0.3) is 0 Å². The first-order valence-electron chi connectivity index (χ1n) is 8.27. The third-order valence-corrected chi connectivity index (χ3v) is 4.59. The van der Waals surface area contributed by atoms with E-state index in [9.17, 15) is 4.79 Å². The summed E-state index contributed by atoms with van der Waals surface area (Å²) in [6.45, 7) is 1.54. The molecule has 2 aromatic carbocycles. The maximum atomic E-state index is 12.3. The molecule has 2 aromatic rings. The highest BCUT2D eigenvalue weighted by Gasteiger charge is 2.27. The lowest BCUT2D eigenvalue weighted by molar-refractivity contribution is 0.216. The molecule has 0 aromatic heterocycles. The van der Waals surface area contributed by atoms with Crippen molar-refractivity contribution in [2.45, 2.75) is 12.5 Å². The normalized spacial score (nSPS) is 17.0. The van der Waals surface area contributed by atoms with Crippen molar-refractivity contribution >= 4 is 23.3 Å². The second-order valence-corrected chi connectivity index (χ2v) is 6.80. The van der Waals surface area contributed by atoms with Gasteiger partial charge in [-0.1, -0.05) is 11.6 Å². The Bertz CT molecular complexity index is 716. The number of hydrogen-bond acceptors (Lipinski definition) is 3. The zero-order valence-electron chi connectivity index (χ0n) is 14.4. The fourth-order valence-electron chi connectivity index (χ4n) is 2.80. The van der Waals surface area contributed by atoms with E-state index in [2.05, 4.69) is 10.2 Å². The van der Waals surface area contributed by atoms with Crippen molar-refractivity contribution in [3.05, 3.63) is 53.6 Å². The van der Waals surface area contributed by atoms with Crippen LogP contribution in [-0.2, 0) is 0 Å². The Morgan fingerprint density at radius 2 is 1.72 bits per heavy atom. The van der Waals surface area contributed by atoms with Gasteiger partial charge in [-0.25, -0.2) is 4.79 Å². The van der Waals surface area contributed by atoms with E-state index >= 15 is 0 Å². The minimum Gasteiger partial charge on any atom is -0.457 e. The van der Waals surface area contributed by atoms with Crippen LogP contribution in [-0.4, -0.2) is 49.1 Å². The summed E-state index contributed by atoms with van der Waals surface area (Å²) in [5, 5.41) is 3.61. The Hall–Kier alpha value is -2.24. The molecule has 0 saturated carbocycles. The molecular weight excluding hydrogens is 338 g/mol. The average molecular weight is 360 g/mol. The number of ether oxygens (including phenoxy) is 1. The molecule has 3 rings (SSSR count). The zero-order valence-corrected chi connectivity index (χ0v) is 15.2. The highest BCUT2D eigenvalue weighted by atomic mass is 35.5. The van der Waals surface area contributed by atoms with Crippen LogP contribution >= 0.6 is 11.6 Å². The summed E-state index contributed by atoms with van der Waals surface area (Å²) in [5.41, 5.74) is 0.752. The van der Waals surface area contributed by atoms with E-state index in [4.69, 9.17) is 16.3 Å². The van der Waals surface area contributed by atoms with Crippen LogP contribution in [0.5, 0.6) is 11.5 Å². The molecule has 0 spiro atoms. The summed E-state index contributed by atoms with van der Waals surface area (Å²) < 4.78 is 5.75. The molecule has 6 heteroatoms. The lowest BCUT2D eigenvalue weighted by Crippen LogP contribution is -2.36. The minimum absolute atomic E-state index is 0.0595. The molecule has 5 nitrogen and oxygen atoms in total. The first-order valence-corrected chi connectivity index (χ1v) is 8.65. The summed E-state index contributed by atoms with van der Waals surface area (Å²) in [6, 6.07) is 14.9. The number of carbonyl (C=O) groups excluding carboxylic acids is 1. The van der Waals surface area contributed by atoms with Gasteiger partial charge in [-0.2, -0.15) is 0 Å². The smallest absolute Gasteiger partial charge is 0.321 e. The molecule has 0 radical (unpaired) electrons. The average Bonchev–Trinajstić information content (AvgIpc) is 3.09. The van der Waals surface area contributed by atoms with Crippen molar-refractivity contribution < 1.29 is 9.53 Å². The fourth-order valence-corrected chi connectivity index (χ4v) is 2.92. The zero-order chi connectivity index (χ0) is 17.8. The third kappa shape index (κ3) is 4.65. The number of likely N-dealkylation sites (N-methyl/N-ethyl adjacent to an activating group) is 1. The summed E-state index contributed by atoms with van der Waals surface area (Å²) in [5.74, 6) is 1.42. The molecule has 1 aliphatic heterocycles. The van der Waals surface area contributed by atoms with Gasteiger partial charge >= 0.3 is 6.03 Å². The maximum Gasteiger partial charge on any atom is 0.321 e. The van der Waals surface area contributed by atoms with Gasteiger partial charge in [0.15, 0.2) is 0 Å². The van der Waals surface area contributed by atoms with Crippen LogP contribution in [0.25, 0.3) is 0 Å². The highest BCUT2D eigenvalue weighted by Crippen LogP contribution is 2.24. The molecule has 2 amide bonds. The van der Waals surface area contributed by atoms with Gasteiger partial charge in [0.2, 0.25) is 0 Å². The highest BCUT2D eigenvalue weighted by molar-refractivity contribution is 6.30. The summed E-state index contributed by atoms with van der Waals surface area (Å²) in [7, 11) is 4.09. The van der Waals surface area contributed by atoms with Crippen LogP contribution in [0, 0.1) is 0 Å². The van der Waals surface area contributed by atoms with Crippen molar-refractivity contribution in [2.24, 2.45) is 0 Å². The summed E-state index contributed by atoms with van der Waals surface area (Å²) in [4.78, 5) is 16.4. The fraction of sp³-hybridized carbons (Fsp3) is 0.316. The van der Waals surface area contributed by atoms with Crippen LogP contribution in [0.2, 0.25) is 5.02 Å². The number of hydrogen-bond donors (Lipinski definition) is 1. The molecule has 0 unspecified atom stereocenters. The SMILES string of the molecule is CN(C)[C@H]1CCN(C(=O)Nc2ccc(Oc3ccc(Cl)cc3)cc2)C1. The number of rotatable bonds is 4. The van der Waals surface area contributed by atoms with Crippen molar-refractivity contribution in [3.63, 3.8) is 0 Å². The van der Waals surface area contributed by atoms with Gasteiger partial charge in [-0.15, -0.1) is 0 Å². The first kappa shape index (κ1) is 17.6. The lowest BCUT2D eigenvalue weighted by Gasteiger charge is -2.20. The summed E-state index contributed by atoms with van der Waals surface area (Å²) >= 11 is 5.86. The third-order valence-electron chi connectivity index (χ3n) is 4.34. The number of likely N-dealkylation sites (tertiary alicyclic amines) is 1. The Kier molecular flexibility index (Phi) is 5.46. The Balaban J connectivity index is 1.55. The maximum absolute atomic E-state index is 12.3. The Morgan fingerprint density at radius 1 is 1.12 bits per heavy atom. The van der Waals surface area contributed by atoms with Crippen LogP contribution in [0.4, 0.5) is 10.5 Å². The van der Waals surface area contributed by atoms with E-state index in [1.165, 1.54) is 0 Å². The molecule has 1 N–H and O–H groups in total. The number of nitrogens with one attached hydrogen (secondary N) is 1.